The molecule has 0 saturated heterocycles. The molecule has 0 saturated carbocycles. The van der Waals surface area contributed by atoms with Gasteiger partial charge in [-0.25, -0.2) is 4.39 Å². The van der Waals surface area contributed by atoms with Crippen LogP contribution in [0.2, 0.25) is 0 Å². The van der Waals surface area contributed by atoms with Gasteiger partial charge in [0.15, 0.2) is 0 Å². The summed E-state index contributed by atoms with van der Waals surface area (Å²) in [5.41, 5.74) is 1.91. The first kappa shape index (κ1) is 13.5. The number of hydrogen-bond acceptors (Lipinski definition) is 2. The van der Waals surface area contributed by atoms with E-state index in [-0.39, 0.29) is 5.82 Å². The number of rotatable bonds is 6. The average molecular weight is 241 g/mol. The van der Waals surface area contributed by atoms with Gasteiger partial charge in [0.25, 0.3) is 0 Å². The molecule has 0 bridgehead atoms. The highest BCUT2D eigenvalue weighted by Crippen LogP contribution is 2.19. The minimum atomic E-state index is -0.123. The van der Waals surface area contributed by atoms with Crippen molar-refractivity contribution in [2.75, 3.05) is 18.6 Å². The van der Waals surface area contributed by atoms with E-state index >= 15 is 0 Å². The third-order valence-corrected chi connectivity index (χ3v) is 3.23. The number of thioether (sulfide) groups is 1. The Kier molecular flexibility index (Phi) is 5.85. The van der Waals surface area contributed by atoms with Crippen molar-refractivity contribution in [2.24, 2.45) is 0 Å². The molecule has 1 unspecified atom stereocenters. The van der Waals surface area contributed by atoms with Crippen molar-refractivity contribution in [3.8, 4) is 0 Å². The van der Waals surface area contributed by atoms with Gasteiger partial charge in [-0.2, -0.15) is 11.8 Å². The Hall–Kier alpha value is -0.540. The van der Waals surface area contributed by atoms with Gasteiger partial charge in [0.2, 0.25) is 0 Å². The summed E-state index contributed by atoms with van der Waals surface area (Å²) in [6.45, 7) is 4.97. The van der Waals surface area contributed by atoms with E-state index in [9.17, 15) is 4.39 Å². The summed E-state index contributed by atoms with van der Waals surface area (Å²) in [6, 6.07) is 5.71. The van der Waals surface area contributed by atoms with E-state index in [1.807, 2.05) is 30.8 Å². The minimum absolute atomic E-state index is 0.123. The van der Waals surface area contributed by atoms with Crippen LogP contribution < -0.4 is 5.32 Å². The van der Waals surface area contributed by atoms with Gasteiger partial charge in [-0.05, 0) is 43.3 Å². The average Bonchev–Trinajstić information content (AvgIpc) is 2.28. The molecule has 0 fully saturated rings. The molecule has 0 radical (unpaired) electrons. The Morgan fingerprint density at radius 1 is 1.44 bits per heavy atom. The van der Waals surface area contributed by atoms with Crippen LogP contribution in [0.1, 0.15) is 30.5 Å². The standard InChI is InChI=1S/C13H20FNS/c1-4-7-15-13(9-16-3)11-5-6-12(14)10(2)8-11/h5-6,8,13,15H,4,7,9H2,1-3H3. The van der Waals surface area contributed by atoms with Gasteiger partial charge in [0.05, 0.1) is 0 Å². The second-order valence-electron chi connectivity index (χ2n) is 3.97. The summed E-state index contributed by atoms with van der Waals surface area (Å²) in [5, 5.41) is 3.49. The zero-order chi connectivity index (χ0) is 12.0. The Morgan fingerprint density at radius 2 is 2.19 bits per heavy atom. The lowest BCUT2D eigenvalue weighted by Crippen LogP contribution is -2.24. The first-order valence-corrected chi connectivity index (χ1v) is 7.06. The van der Waals surface area contributed by atoms with Crippen LogP contribution in [0.15, 0.2) is 18.2 Å². The highest BCUT2D eigenvalue weighted by molar-refractivity contribution is 7.98. The van der Waals surface area contributed by atoms with Crippen LogP contribution >= 0.6 is 11.8 Å². The Balaban J connectivity index is 2.78. The summed E-state index contributed by atoms with van der Waals surface area (Å²) < 4.78 is 13.2. The first-order chi connectivity index (χ1) is 7.69. The lowest BCUT2D eigenvalue weighted by atomic mass is 10.1. The third-order valence-electron chi connectivity index (χ3n) is 2.56. The van der Waals surface area contributed by atoms with E-state index < -0.39 is 0 Å². The summed E-state index contributed by atoms with van der Waals surface area (Å²) in [4.78, 5) is 0. The number of nitrogens with one attached hydrogen (secondary N) is 1. The van der Waals surface area contributed by atoms with Gasteiger partial charge in [-0.1, -0.05) is 19.1 Å². The molecular weight excluding hydrogens is 221 g/mol. The molecule has 1 aromatic rings. The quantitative estimate of drug-likeness (QED) is 0.817. The fourth-order valence-electron chi connectivity index (χ4n) is 1.64. The molecular formula is C13H20FNS. The predicted molar refractivity (Wildman–Crippen MR) is 70.6 cm³/mol. The lowest BCUT2D eigenvalue weighted by Gasteiger charge is -2.18. The summed E-state index contributed by atoms with van der Waals surface area (Å²) in [6.07, 6.45) is 3.21. The maximum absolute atomic E-state index is 13.2. The van der Waals surface area contributed by atoms with Crippen LogP contribution in [0.25, 0.3) is 0 Å². The highest BCUT2D eigenvalue weighted by atomic mass is 32.2. The molecule has 0 heterocycles. The van der Waals surface area contributed by atoms with Crippen molar-refractivity contribution in [1.82, 2.24) is 5.32 Å². The first-order valence-electron chi connectivity index (χ1n) is 5.67. The SMILES string of the molecule is CCCNC(CSC)c1ccc(F)c(C)c1. The molecule has 0 spiro atoms. The van der Waals surface area contributed by atoms with Gasteiger partial charge in [-0.3, -0.25) is 0 Å². The van der Waals surface area contributed by atoms with E-state index in [2.05, 4.69) is 18.5 Å². The predicted octanol–water partition coefficient (Wildman–Crippen LogP) is 3.54. The van der Waals surface area contributed by atoms with Crippen molar-refractivity contribution in [3.05, 3.63) is 35.1 Å². The minimum Gasteiger partial charge on any atom is -0.309 e. The summed E-state index contributed by atoms with van der Waals surface area (Å²) >= 11 is 1.81. The number of halogens is 1. The lowest BCUT2D eigenvalue weighted by molar-refractivity contribution is 0.572. The fourth-order valence-corrected chi connectivity index (χ4v) is 2.29. The van der Waals surface area contributed by atoms with E-state index in [4.69, 9.17) is 0 Å². The Bertz CT molecular complexity index is 328. The second-order valence-corrected chi connectivity index (χ2v) is 4.88. The maximum atomic E-state index is 13.2. The van der Waals surface area contributed by atoms with Gasteiger partial charge in [-0.15, -0.1) is 0 Å². The van der Waals surface area contributed by atoms with E-state index in [0.29, 0.717) is 6.04 Å². The highest BCUT2D eigenvalue weighted by Gasteiger charge is 2.10. The zero-order valence-corrected chi connectivity index (χ0v) is 11.0. The summed E-state index contributed by atoms with van der Waals surface area (Å²) in [5.74, 6) is 0.896. The smallest absolute Gasteiger partial charge is 0.126 e. The second kappa shape index (κ2) is 6.92. The number of benzene rings is 1. The third kappa shape index (κ3) is 3.80. The van der Waals surface area contributed by atoms with Crippen LogP contribution in [-0.4, -0.2) is 18.6 Å². The van der Waals surface area contributed by atoms with Crippen molar-refractivity contribution in [2.45, 2.75) is 26.3 Å². The van der Waals surface area contributed by atoms with E-state index in [1.165, 1.54) is 5.56 Å². The molecule has 0 aliphatic carbocycles. The van der Waals surface area contributed by atoms with Crippen molar-refractivity contribution in [3.63, 3.8) is 0 Å². The molecule has 3 heteroatoms. The molecule has 0 amide bonds. The Morgan fingerprint density at radius 3 is 2.75 bits per heavy atom. The normalized spacial score (nSPS) is 12.8. The molecule has 1 atom stereocenters. The molecule has 1 nitrogen and oxygen atoms in total. The monoisotopic (exact) mass is 241 g/mol. The molecule has 1 aromatic carbocycles. The maximum Gasteiger partial charge on any atom is 0.126 e. The number of aryl methyl sites for hydroxylation is 1. The topological polar surface area (TPSA) is 12.0 Å². The van der Waals surface area contributed by atoms with E-state index in [0.717, 1.165) is 24.3 Å². The molecule has 0 aliphatic heterocycles. The molecule has 1 rings (SSSR count). The Labute approximate surface area is 102 Å². The largest absolute Gasteiger partial charge is 0.309 e. The van der Waals surface area contributed by atoms with Gasteiger partial charge >= 0.3 is 0 Å². The van der Waals surface area contributed by atoms with Crippen molar-refractivity contribution >= 4 is 11.8 Å². The van der Waals surface area contributed by atoms with Crippen LogP contribution in [0.5, 0.6) is 0 Å². The van der Waals surface area contributed by atoms with Gasteiger partial charge in [0, 0.05) is 11.8 Å². The van der Waals surface area contributed by atoms with Gasteiger partial charge < -0.3 is 5.32 Å². The zero-order valence-electron chi connectivity index (χ0n) is 10.2. The van der Waals surface area contributed by atoms with Crippen LogP contribution in [0.3, 0.4) is 0 Å². The van der Waals surface area contributed by atoms with E-state index in [1.54, 1.807) is 6.07 Å². The molecule has 16 heavy (non-hydrogen) atoms. The van der Waals surface area contributed by atoms with Crippen molar-refractivity contribution < 1.29 is 4.39 Å². The summed E-state index contributed by atoms with van der Waals surface area (Å²) in [7, 11) is 0. The van der Waals surface area contributed by atoms with Crippen molar-refractivity contribution in [1.29, 1.82) is 0 Å². The molecule has 90 valence electrons. The molecule has 0 aromatic heterocycles. The fraction of sp³-hybridized carbons (Fsp3) is 0.538. The van der Waals surface area contributed by atoms with Crippen LogP contribution in [-0.2, 0) is 0 Å². The molecule has 1 N–H and O–H groups in total. The van der Waals surface area contributed by atoms with Crippen LogP contribution in [0, 0.1) is 12.7 Å². The molecule has 0 aliphatic rings. The van der Waals surface area contributed by atoms with Crippen LogP contribution in [0.4, 0.5) is 4.39 Å². The van der Waals surface area contributed by atoms with Gasteiger partial charge in [0.1, 0.15) is 5.82 Å². The number of hydrogen-bond donors (Lipinski definition) is 1.